The van der Waals surface area contributed by atoms with Crippen molar-refractivity contribution >= 4 is 12.0 Å². The van der Waals surface area contributed by atoms with Crippen molar-refractivity contribution in [2.24, 2.45) is 5.92 Å². The van der Waals surface area contributed by atoms with Crippen LogP contribution >= 0.6 is 0 Å². The summed E-state index contributed by atoms with van der Waals surface area (Å²) in [6, 6.07) is 3.59. The molecule has 0 spiro atoms. The van der Waals surface area contributed by atoms with Gasteiger partial charge in [-0.15, -0.1) is 0 Å². The first-order chi connectivity index (χ1) is 9.32. The maximum absolute atomic E-state index is 13.1. The molecule has 0 aromatic heterocycles. The van der Waals surface area contributed by atoms with E-state index < -0.39 is 17.8 Å². The van der Waals surface area contributed by atoms with Gasteiger partial charge >= 0.3 is 6.18 Å². The van der Waals surface area contributed by atoms with E-state index in [9.17, 15) is 23.1 Å². The van der Waals surface area contributed by atoms with Gasteiger partial charge in [0.1, 0.15) is 6.29 Å². The fourth-order valence-electron chi connectivity index (χ4n) is 2.48. The maximum atomic E-state index is 13.1. The SMILES string of the molecule is CC1CN(c2ccc(C=O)cc2C(F)(F)F)CCC1O. The zero-order chi connectivity index (χ0) is 14.9. The van der Waals surface area contributed by atoms with Gasteiger partial charge in [-0.3, -0.25) is 4.79 Å². The van der Waals surface area contributed by atoms with Crippen molar-refractivity contribution in [1.82, 2.24) is 0 Å². The van der Waals surface area contributed by atoms with E-state index >= 15 is 0 Å². The lowest BCUT2D eigenvalue weighted by molar-refractivity contribution is -0.137. The summed E-state index contributed by atoms with van der Waals surface area (Å²) < 4.78 is 39.3. The van der Waals surface area contributed by atoms with Crippen molar-refractivity contribution in [1.29, 1.82) is 0 Å². The van der Waals surface area contributed by atoms with Gasteiger partial charge in [-0.05, 0) is 30.5 Å². The van der Waals surface area contributed by atoms with Crippen LogP contribution in [0.1, 0.15) is 29.3 Å². The molecule has 1 heterocycles. The van der Waals surface area contributed by atoms with E-state index in [1.807, 2.05) is 6.92 Å². The first-order valence-corrected chi connectivity index (χ1v) is 6.42. The van der Waals surface area contributed by atoms with Crippen LogP contribution in [0.5, 0.6) is 0 Å². The smallest absolute Gasteiger partial charge is 0.393 e. The van der Waals surface area contributed by atoms with E-state index in [1.165, 1.54) is 12.1 Å². The number of carbonyl (C=O) groups is 1. The summed E-state index contributed by atoms with van der Waals surface area (Å²) in [5.41, 5.74) is -0.723. The van der Waals surface area contributed by atoms with Crippen LogP contribution in [-0.2, 0) is 6.18 Å². The minimum atomic E-state index is -4.51. The molecule has 1 aromatic rings. The van der Waals surface area contributed by atoms with Crippen LogP contribution in [0.4, 0.5) is 18.9 Å². The summed E-state index contributed by atoms with van der Waals surface area (Å²) in [7, 11) is 0. The van der Waals surface area contributed by atoms with E-state index in [1.54, 1.807) is 4.90 Å². The number of halogens is 3. The first-order valence-electron chi connectivity index (χ1n) is 6.42. The Morgan fingerprint density at radius 1 is 1.40 bits per heavy atom. The molecule has 1 aliphatic rings. The summed E-state index contributed by atoms with van der Waals surface area (Å²) in [6.45, 7) is 2.55. The van der Waals surface area contributed by atoms with Crippen LogP contribution in [0.2, 0.25) is 0 Å². The Balaban J connectivity index is 2.38. The minimum absolute atomic E-state index is 0.00571. The summed E-state index contributed by atoms with van der Waals surface area (Å²) in [5, 5.41) is 9.66. The lowest BCUT2D eigenvalue weighted by atomic mass is 9.95. The number of benzene rings is 1. The third-order valence-corrected chi connectivity index (χ3v) is 3.66. The van der Waals surface area contributed by atoms with Gasteiger partial charge in [0.05, 0.1) is 11.7 Å². The van der Waals surface area contributed by atoms with Crippen LogP contribution < -0.4 is 4.90 Å². The number of aliphatic hydroxyl groups excluding tert-OH is 1. The van der Waals surface area contributed by atoms with Crippen LogP contribution in [0.15, 0.2) is 18.2 Å². The molecule has 0 aliphatic carbocycles. The minimum Gasteiger partial charge on any atom is -0.393 e. The number of aldehydes is 1. The Labute approximate surface area is 115 Å². The van der Waals surface area contributed by atoms with Gasteiger partial charge in [0.25, 0.3) is 0 Å². The van der Waals surface area contributed by atoms with Gasteiger partial charge in [0.15, 0.2) is 0 Å². The molecule has 6 heteroatoms. The summed E-state index contributed by atoms with van der Waals surface area (Å²) >= 11 is 0. The van der Waals surface area contributed by atoms with E-state index in [4.69, 9.17) is 0 Å². The van der Waals surface area contributed by atoms with Crippen molar-refractivity contribution in [3.05, 3.63) is 29.3 Å². The molecule has 2 atom stereocenters. The van der Waals surface area contributed by atoms with Gasteiger partial charge in [-0.1, -0.05) is 6.92 Å². The molecule has 1 fully saturated rings. The fraction of sp³-hybridized carbons (Fsp3) is 0.500. The second-order valence-corrected chi connectivity index (χ2v) is 5.17. The van der Waals surface area contributed by atoms with Gasteiger partial charge in [0, 0.05) is 24.3 Å². The highest BCUT2D eigenvalue weighted by Crippen LogP contribution is 2.38. The number of anilines is 1. The number of alkyl halides is 3. The average Bonchev–Trinajstić information content (AvgIpc) is 2.40. The third kappa shape index (κ3) is 2.95. The Morgan fingerprint density at radius 3 is 2.65 bits per heavy atom. The van der Waals surface area contributed by atoms with Gasteiger partial charge < -0.3 is 10.0 Å². The number of hydrogen-bond donors (Lipinski definition) is 1. The fourth-order valence-corrected chi connectivity index (χ4v) is 2.48. The van der Waals surface area contributed by atoms with Crippen LogP contribution in [-0.4, -0.2) is 30.6 Å². The molecule has 20 heavy (non-hydrogen) atoms. The number of nitrogens with zero attached hydrogens (tertiary/aromatic N) is 1. The van der Waals surface area contributed by atoms with Crippen molar-refractivity contribution in [3.8, 4) is 0 Å². The number of hydrogen-bond acceptors (Lipinski definition) is 3. The number of aliphatic hydroxyl groups is 1. The van der Waals surface area contributed by atoms with Crippen LogP contribution in [0, 0.1) is 5.92 Å². The normalized spacial score (nSPS) is 23.8. The monoisotopic (exact) mass is 287 g/mol. The zero-order valence-electron chi connectivity index (χ0n) is 11.0. The second-order valence-electron chi connectivity index (χ2n) is 5.17. The molecular weight excluding hydrogens is 271 g/mol. The third-order valence-electron chi connectivity index (χ3n) is 3.66. The van der Waals surface area contributed by atoms with E-state index in [0.717, 1.165) is 6.07 Å². The molecule has 1 saturated heterocycles. The summed E-state index contributed by atoms with van der Waals surface area (Å²) in [4.78, 5) is 12.3. The second kappa shape index (κ2) is 5.44. The number of rotatable bonds is 2. The molecule has 1 N–H and O–H groups in total. The molecule has 1 aromatic carbocycles. The van der Waals surface area contributed by atoms with Crippen molar-refractivity contribution in [2.75, 3.05) is 18.0 Å². The molecule has 2 rings (SSSR count). The highest BCUT2D eigenvalue weighted by Gasteiger charge is 2.36. The topological polar surface area (TPSA) is 40.5 Å². The highest BCUT2D eigenvalue weighted by molar-refractivity contribution is 5.77. The van der Waals surface area contributed by atoms with Gasteiger partial charge in [-0.2, -0.15) is 13.2 Å². The van der Waals surface area contributed by atoms with Crippen LogP contribution in [0.25, 0.3) is 0 Å². The highest BCUT2D eigenvalue weighted by atomic mass is 19.4. The van der Waals surface area contributed by atoms with Crippen molar-refractivity contribution in [2.45, 2.75) is 25.6 Å². The average molecular weight is 287 g/mol. The molecule has 0 amide bonds. The standard InChI is InChI=1S/C14H16F3NO2/c1-9-7-18(5-4-13(9)20)12-3-2-10(8-19)6-11(12)14(15,16)17/h2-3,6,8-9,13,20H,4-5,7H2,1H3. The predicted molar refractivity (Wildman–Crippen MR) is 68.8 cm³/mol. The molecule has 110 valence electrons. The molecule has 0 radical (unpaired) electrons. The molecule has 3 nitrogen and oxygen atoms in total. The van der Waals surface area contributed by atoms with Crippen molar-refractivity contribution in [3.63, 3.8) is 0 Å². The molecular formula is C14H16F3NO2. The largest absolute Gasteiger partial charge is 0.418 e. The van der Waals surface area contributed by atoms with Gasteiger partial charge in [0.2, 0.25) is 0 Å². The molecule has 0 saturated carbocycles. The summed E-state index contributed by atoms with van der Waals surface area (Å²) in [5.74, 6) is -0.0874. The zero-order valence-corrected chi connectivity index (χ0v) is 11.0. The quantitative estimate of drug-likeness (QED) is 0.850. The lowest BCUT2D eigenvalue weighted by Gasteiger charge is -2.37. The van der Waals surface area contributed by atoms with E-state index in [0.29, 0.717) is 25.8 Å². The van der Waals surface area contributed by atoms with E-state index in [-0.39, 0.29) is 17.2 Å². The van der Waals surface area contributed by atoms with Crippen molar-refractivity contribution < 1.29 is 23.1 Å². The van der Waals surface area contributed by atoms with E-state index in [2.05, 4.69) is 0 Å². The predicted octanol–water partition coefficient (Wildman–Crippen LogP) is 2.73. The number of piperidine rings is 1. The molecule has 0 bridgehead atoms. The van der Waals surface area contributed by atoms with Crippen LogP contribution in [0.3, 0.4) is 0 Å². The summed E-state index contributed by atoms with van der Waals surface area (Å²) in [6.07, 6.45) is -4.14. The first kappa shape index (κ1) is 14.8. The lowest BCUT2D eigenvalue weighted by Crippen LogP contribution is -2.42. The van der Waals surface area contributed by atoms with Gasteiger partial charge in [-0.25, -0.2) is 0 Å². The Bertz CT molecular complexity index is 502. The Kier molecular flexibility index (Phi) is 4.04. The maximum Gasteiger partial charge on any atom is 0.418 e. The molecule has 2 unspecified atom stereocenters. The number of carbonyl (C=O) groups excluding carboxylic acids is 1. The Hall–Kier alpha value is -1.56. The Morgan fingerprint density at radius 2 is 2.10 bits per heavy atom. The molecule has 1 aliphatic heterocycles.